The number of carbonyl (C=O) groups excluding carboxylic acids is 1. The number of amides is 1. The third-order valence-corrected chi connectivity index (χ3v) is 5.60. The number of anilines is 1. The quantitative estimate of drug-likeness (QED) is 0.876. The molecule has 1 aromatic heterocycles. The number of aryl methyl sites for hydroxylation is 1. The van der Waals surface area contributed by atoms with Gasteiger partial charge in [0.1, 0.15) is 0 Å². The molecule has 1 fully saturated rings. The van der Waals surface area contributed by atoms with Crippen LogP contribution in [0.4, 0.5) is 5.69 Å². The lowest BCUT2D eigenvalue weighted by molar-refractivity contribution is -0.116. The summed E-state index contributed by atoms with van der Waals surface area (Å²) in [7, 11) is 0. The van der Waals surface area contributed by atoms with Gasteiger partial charge in [-0.1, -0.05) is 11.8 Å². The number of rotatable bonds is 5. The van der Waals surface area contributed by atoms with Gasteiger partial charge in [0, 0.05) is 34.1 Å². The minimum Gasteiger partial charge on any atom is -0.326 e. The van der Waals surface area contributed by atoms with Crippen molar-refractivity contribution in [3.05, 3.63) is 35.3 Å². The summed E-state index contributed by atoms with van der Waals surface area (Å²) >= 11 is 3.30. The molecule has 1 saturated heterocycles. The van der Waals surface area contributed by atoms with E-state index in [9.17, 15) is 4.79 Å². The highest BCUT2D eigenvalue weighted by atomic mass is 32.2. The molecule has 6 heteroatoms. The van der Waals surface area contributed by atoms with Crippen molar-refractivity contribution < 1.29 is 4.79 Å². The van der Waals surface area contributed by atoms with Crippen molar-refractivity contribution in [2.45, 2.75) is 41.5 Å². The zero-order valence-corrected chi connectivity index (χ0v) is 14.1. The molecule has 0 radical (unpaired) electrons. The van der Waals surface area contributed by atoms with Gasteiger partial charge in [-0.15, -0.1) is 11.3 Å². The van der Waals surface area contributed by atoms with Gasteiger partial charge >= 0.3 is 0 Å². The molecule has 2 heterocycles. The molecule has 1 aromatic carbocycles. The molecule has 1 atom stereocenters. The standard InChI is InChI=1S/C16H19N3OS2/c1-11-10-21-16(18-11)22-14-6-4-12(5-7-14)19-15(20)9-13-3-2-8-17-13/h4-7,10,13,17H,2-3,8-9H2,1H3,(H,19,20). The Kier molecular flexibility index (Phi) is 5.12. The Morgan fingerprint density at radius 1 is 1.45 bits per heavy atom. The molecular weight excluding hydrogens is 314 g/mol. The molecule has 0 saturated carbocycles. The maximum atomic E-state index is 12.0. The zero-order chi connectivity index (χ0) is 15.4. The Morgan fingerprint density at radius 2 is 2.27 bits per heavy atom. The summed E-state index contributed by atoms with van der Waals surface area (Å²) in [6.07, 6.45) is 2.81. The fraction of sp³-hybridized carbons (Fsp3) is 0.375. The fourth-order valence-corrected chi connectivity index (χ4v) is 4.26. The van der Waals surface area contributed by atoms with Gasteiger partial charge in [0.05, 0.1) is 0 Å². The van der Waals surface area contributed by atoms with Gasteiger partial charge in [-0.05, 0) is 50.6 Å². The number of hydrogen-bond donors (Lipinski definition) is 2. The van der Waals surface area contributed by atoms with Crippen LogP contribution in [0.15, 0.2) is 38.9 Å². The highest BCUT2D eigenvalue weighted by molar-refractivity contribution is 8.01. The smallest absolute Gasteiger partial charge is 0.225 e. The summed E-state index contributed by atoms with van der Waals surface area (Å²) < 4.78 is 1.04. The van der Waals surface area contributed by atoms with Crippen molar-refractivity contribution in [2.75, 3.05) is 11.9 Å². The molecule has 1 unspecified atom stereocenters. The van der Waals surface area contributed by atoms with Gasteiger partial charge in [0.25, 0.3) is 0 Å². The fourth-order valence-electron chi connectivity index (χ4n) is 2.45. The van der Waals surface area contributed by atoms with Crippen molar-refractivity contribution in [1.29, 1.82) is 0 Å². The molecule has 4 nitrogen and oxygen atoms in total. The Hall–Kier alpha value is -1.37. The van der Waals surface area contributed by atoms with E-state index in [1.807, 2.05) is 36.6 Å². The van der Waals surface area contributed by atoms with Crippen LogP contribution in [0.25, 0.3) is 0 Å². The Morgan fingerprint density at radius 3 is 2.91 bits per heavy atom. The molecule has 2 aromatic rings. The Labute approximate surface area is 138 Å². The first-order chi connectivity index (χ1) is 10.7. The van der Waals surface area contributed by atoms with E-state index in [2.05, 4.69) is 15.6 Å². The molecule has 1 amide bonds. The molecule has 1 aliphatic heterocycles. The summed E-state index contributed by atoms with van der Waals surface area (Å²) in [5.41, 5.74) is 1.90. The Bertz CT molecular complexity index is 633. The van der Waals surface area contributed by atoms with E-state index in [1.54, 1.807) is 23.1 Å². The number of thiazole rings is 1. The van der Waals surface area contributed by atoms with Gasteiger partial charge in [-0.3, -0.25) is 4.79 Å². The van der Waals surface area contributed by atoms with Crippen LogP contribution >= 0.6 is 23.1 Å². The van der Waals surface area contributed by atoms with Crippen molar-refractivity contribution in [1.82, 2.24) is 10.3 Å². The average Bonchev–Trinajstić information content (AvgIpc) is 3.13. The lowest BCUT2D eigenvalue weighted by atomic mass is 10.1. The topological polar surface area (TPSA) is 54.0 Å². The third-order valence-electron chi connectivity index (χ3n) is 3.54. The van der Waals surface area contributed by atoms with Crippen LogP contribution in [0.2, 0.25) is 0 Å². The first kappa shape index (κ1) is 15.5. The van der Waals surface area contributed by atoms with E-state index >= 15 is 0 Å². The second kappa shape index (κ2) is 7.26. The largest absolute Gasteiger partial charge is 0.326 e. The second-order valence-corrected chi connectivity index (χ2v) is 7.61. The van der Waals surface area contributed by atoms with Gasteiger partial charge in [0.2, 0.25) is 5.91 Å². The normalized spacial score (nSPS) is 17.6. The number of hydrogen-bond acceptors (Lipinski definition) is 5. The van der Waals surface area contributed by atoms with E-state index in [1.165, 1.54) is 6.42 Å². The maximum Gasteiger partial charge on any atom is 0.225 e. The van der Waals surface area contributed by atoms with Crippen molar-refractivity contribution in [3.63, 3.8) is 0 Å². The second-order valence-electron chi connectivity index (χ2n) is 5.43. The molecule has 0 aliphatic carbocycles. The number of benzene rings is 1. The number of nitrogens with zero attached hydrogens (tertiary/aromatic N) is 1. The molecule has 116 valence electrons. The lowest BCUT2D eigenvalue weighted by Gasteiger charge is -2.10. The molecular formula is C16H19N3OS2. The highest BCUT2D eigenvalue weighted by Gasteiger charge is 2.17. The molecule has 2 N–H and O–H groups in total. The monoisotopic (exact) mass is 333 g/mol. The predicted octanol–water partition coefficient (Wildman–Crippen LogP) is 3.68. The minimum absolute atomic E-state index is 0.0790. The van der Waals surface area contributed by atoms with Crippen LogP contribution in [0, 0.1) is 6.92 Å². The molecule has 1 aliphatic rings. The minimum atomic E-state index is 0.0790. The number of nitrogens with one attached hydrogen (secondary N) is 2. The zero-order valence-electron chi connectivity index (χ0n) is 12.5. The summed E-state index contributed by atoms with van der Waals surface area (Å²) in [5.74, 6) is 0.0790. The van der Waals surface area contributed by atoms with Crippen LogP contribution in [0.1, 0.15) is 25.0 Å². The SMILES string of the molecule is Cc1csc(Sc2ccc(NC(=O)CC3CCCN3)cc2)n1. The van der Waals surface area contributed by atoms with E-state index in [4.69, 9.17) is 0 Å². The molecule has 0 bridgehead atoms. The Balaban J connectivity index is 1.53. The molecule has 3 rings (SSSR count). The van der Waals surface area contributed by atoms with Crippen molar-refractivity contribution >= 4 is 34.7 Å². The van der Waals surface area contributed by atoms with Crippen molar-refractivity contribution in [2.24, 2.45) is 0 Å². The van der Waals surface area contributed by atoms with Crippen LogP contribution in [0.5, 0.6) is 0 Å². The van der Waals surface area contributed by atoms with Crippen LogP contribution in [-0.4, -0.2) is 23.5 Å². The lowest BCUT2D eigenvalue weighted by Crippen LogP contribution is -2.27. The van der Waals surface area contributed by atoms with E-state index in [0.717, 1.165) is 33.6 Å². The number of carbonyl (C=O) groups is 1. The first-order valence-electron chi connectivity index (χ1n) is 7.42. The van der Waals surface area contributed by atoms with E-state index in [0.29, 0.717) is 12.5 Å². The van der Waals surface area contributed by atoms with E-state index in [-0.39, 0.29) is 5.91 Å². The van der Waals surface area contributed by atoms with Crippen molar-refractivity contribution in [3.8, 4) is 0 Å². The summed E-state index contributed by atoms with van der Waals surface area (Å²) in [6.45, 7) is 3.03. The van der Waals surface area contributed by atoms with Gasteiger partial charge < -0.3 is 10.6 Å². The third kappa shape index (κ3) is 4.32. The van der Waals surface area contributed by atoms with Gasteiger partial charge in [-0.25, -0.2) is 4.98 Å². The molecule has 0 spiro atoms. The average molecular weight is 333 g/mol. The summed E-state index contributed by atoms with van der Waals surface area (Å²) in [5, 5.41) is 8.35. The molecule has 22 heavy (non-hydrogen) atoms. The van der Waals surface area contributed by atoms with Gasteiger partial charge in [-0.2, -0.15) is 0 Å². The maximum absolute atomic E-state index is 12.0. The summed E-state index contributed by atoms with van der Waals surface area (Å²) in [4.78, 5) is 17.6. The van der Waals surface area contributed by atoms with E-state index < -0.39 is 0 Å². The van der Waals surface area contributed by atoms with Crippen LogP contribution < -0.4 is 10.6 Å². The van der Waals surface area contributed by atoms with Gasteiger partial charge in [0.15, 0.2) is 4.34 Å². The number of aromatic nitrogens is 1. The highest BCUT2D eigenvalue weighted by Crippen LogP contribution is 2.30. The summed E-state index contributed by atoms with van der Waals surface area (Å²) in [6, 6.07) is 8.27. The van der Waals surface area contributed by atoms with Crippen LogP contribution in [-0.2, 0) is 4.79 Å². The predicted molar refractivity (Wildman–Crippen MR) is 91.7 cm³/mol. The first-order valence-corrected chi connectivity index (χ1v) is 9.12. The van der Waals surface area contributed by atoms with Crippen LogP contribution in [0.3, 0.4) is 0 Å².